The van der Waals surface area contributed by atoms with Crippen molar-refractivity contribution < 1.29 is 24.2 Å². The molecule has 0 heterocycles. The fourth-order valence-electron chi connectivity index (χ4n) is 4.49. The zero-order valence-corrected chi connectivity index (χ0v) is 23.1. The van der Waals surface area contributed by atoms with Crippen molar-refractivity contribution in [2.75, 3.05) is 4.90 Å². The number of carbonyl (C=O) groups excluding carboxylic acids is 2. The number of carboxylic acids is 1. The topological polar surface area (TPSA) is 83.9 Å². The number of nitrogens with zero attached hydrogens (tertiary/aromatic N) is 1. The first-order chi connectivity index (χ1) is 16.1. The molecular weight excluding hydrogens is 510 g/mol. The van der Waals surface area contributed by atoms with E-state index in [4.69, 9.17) is 4.74 Å². The maximum Gasteiger partial charge on any atom is 0.422 e. The van der Waals surface area contributed by atoms with E-state index in [1.54, 1.807) is 26.8 Å². The van der Waals surface area contributed by atoms with Crippen LogP contribution in [0.5, 0.6) is 0 Å². The number of carbonyl (C=O) groups is 3. The van der Waals surface area contributed by atoms with Crippen LogP contribution in [-0.2, 0) is 20.9 Å². The summed E-state index contributed by atoms with van der Waals surface area (Å²) in [6, 6.07) is 9.97. The summed E-state index contributed by atoms with van der Waals surface area (Å²) in [5.74, 6) is -1.61. The maximum atomic E-state index is 13.9. The number of aromatic carboxylic acids is 1. The molecule has 35 heavy (non-hydrogen) atoms. The molecular formula is C28H34BrNO5. The van der Waals surface area contributed by atoms with Gasteiger partial charge in [-0.3, -0.25) is 4.79 Å². The average molecular weight is 544 g/mol. The van der Waals surface area contributed by atoms with E-state index in [0.717, 1.165) is 23.3 Å². The Bertz CT molecular complexity index is 1180. The van der Waals surface area contributed by atoms with Crippen molar-refractivity contribution in [3.05, 3.63) is 64.2 Å². The van der Waals surface area contributed by atoms with Crippen LogP contribution in [0.15, 0.2) is 36.4 Å². The minimum Gasteiger partial charge on any atom is -0.478 e. The Kier molecular flexibility index (Phi) is 7.24. The first kappa shape index (κ1) is 26.9. The zero-order chi connectivity index (χ0) is 26.3. The van der Waals surface area contributed by atoms with Crippen LogP contribution in [0.3, 0.4) is 0 Å². The van der Waals surface area contributed by atoms with Gasteiger partial charge in [-0.05, 0) is 91.5 Å². The predicted molar refractivity (Wildman–Crippen MR) is 141 cm³/mol. The summed E-state index contributed by atoms with van der Waals surface area (Å²) in [6.45, 7) is 14.0. The monoisotopic (exact) mass is 543 g/mol. The van der Waals surface area contributed by atoms with Crippen molar-refractivity contribution in [1.82, 2.24) is 0 Å². The van der Waals surface area contributed by atoms with Gasteiger partial charge >= 0.3 is 12.1 Å². The number of benzene rings is 2. The first-order valence-corrected chi connectivity index (χ1v) is 12.8. The summed E-state index contributed by atoms with van der Waals surface area (Å²) in [5, 5.41) is 9.65. The third kappa shape index (κ3) is 5.61. The molecule has 0 fully saturated rings. The summed E-state index contributed by atoms with van der Waals surface area (Å²) in [7, 11) is 0. The van der Waals surface area contributed by atoms with Crippen LogP contribution in [0.25, 0.3) is 0 Å². The average Bonchev–Trinajstić information content (AvgIpc) is 2.75. The number of imide groups is 1. The van der Waals surface area contributed by atoms with E-state index in [2.05, 4.69) is 43.6 Å². The Hall–Kier alpha value is -2.67. The molecule has 0 bridgehead atoms. The Morgan fingerprint density at radius 3 is 2.06 bits per heavy atom. The van der Waals surface area contributed by atoms with E-state index in [-0.39, 0.29) is 27.4 Å². The van der Waals surface area contributed by atoms with Crippen molar-refractivity contribution in [2.24, 2.45) is 0 Å². The number of fused-ring (bicyclic) bond motifs is 1. The summed E-state index contributed by atoms with van der Waals surface area (Å²) < 4.78 is 5.60. The number of hydrogen-bond donors (Lipinski definition) is 1. The Labute approximate surface area is 215 Å². The molecule has 3 rings (SSSR count). The molecule has 2 aromatic rings. The third-order valence-electron chi connectivity index (χ3n) is 6.59. The number of halogens is 1. The highest BCUT2D eigenvalue weighted by atomic mass is 79.9. The molecule has 1 N–H and O–H groups in total. The number of hydrogen-bond acceptors (Lipinski definition) is 4. The molecule has 188 valence electrons. The van der Waals surface area contributed by atoms with Crippen LogP contribution >= 0.6 is 15.9 Å². The quantitative estimate of drug-likeness (QED) is 0.411. The van der Waals surface area contributed by atoms with Crippen molar-refractivity contribution in [3.63, 3.8) is 0 Å². The summed E-state index contributed by atoms with van der Waals surface area (Å²) in [4.78, 5) is 39.7. The zero-order valence-electron chi connectivity index (χ0n) is 21.5. The molecule has 1 aliphatic rings. The van der Waals surface area contributed by atoms with E-state index < -0.39 is 23.6 Å². The van der Waals surface area contributed by atoms with Gasteiger partial charge in [0.15, 0.2) is 0 Å². The van der Waals surface area contributed by atoms with E-state index in [1.807, 2.05) is 12.1 Å². The SMILES string of the molecule is CC(C)(C)OC(=O)N(C(=O)c1ccc2c(c1)C(C)(C)CCC2(C)C)c1ccc(C(=O)O)cc1CBr. The predicted octanol–water partition coefficient (Wildman–Crippen LogP) is 7.21. The molecule has 7 heteroatoms. The molecule has 0 aromatic heterocycles. The highest BCUT2D eigenvalue weighted by Gasteiger charge is 2.38. The highest BCUT2D eigenvalue weighted by molar-refractivity contribution is 9.08. The highest BCUT2D eigenvalue weighted by Crippen LogP contribution is 2.46. The number of rotatable bonds is 4. The number of amides is 2. The standard InChI is InChI=1S/C28H34BrNO5/c1-26(2,3)35-25(34)30(22-11-9-18(24(32)33)14-19(22)16-29)23(31)17-8-10-20-21(15-17)28(6,7)13-12-27(20,4)5/h8-11,14-15H,12-13,16H2,1-7H3,(H,32,33). The van der Waals surface area contributed by atoms with Crippen molar-refractivity contribution >= 4 is 39.6 Å². The first-order valence-electron chi connectivity index (χ1n) is 11.7. The molecule has 2 aromatic carbocycles. The Morgan fingerprint density at radius 2 is 1.51 bits per heavy atom. The van der Waals surface area contributed by atoms with Gasteiger partial charge in [0.05, 0.1) is 11.3 Å². The van der Waals surface area contributed by atoms with Crippen LogP contribution in [-0.4, -0.2) is 28.7 Å². The Balaban J connectivity index is 2.16. The second-order valence-electron chi connectivity index (χ2n) is 11.4. The van der Waals surface area contributed by atoms with Crippen LogP contribution in [0.4, 0.5) is 10.5 Å². The van der Waals surface area contributed by atoms with E-state index in [9.17, 15) is 19.5 Å². The van der Waals surface area contributed by atoms with Gasteiger partial charge in [0.25, 0.3) is 5.91 Å². The molecule has 0 spiro atoms. The molecule has 0 aliphatic heterocycles. The Morgan fingerprint density at radius 1 is 0.943 bits per heavy atom. The molecule has 1 aliphatic carbocycles. The second-order valence-corrected chi connectivity index (χ2v) is 12.0. The van der Waals surface area contributed by atoms with Gasteiger partial charge in [-0.1, -0.05) is 49.7 Å². The van der Waals surface area contributed by atoms with Crippen LogP contribution in [0.2, 0.25) is 0 Å². The lowest BCUT2D eigenvalue weighted by Crippen LogP contribution is -2.42. The fraction of sp³-hybridized carbons (Fsp3) is 0.464. The summed E-state index contributed by atoms with van der Waals surface area (Å²) in [6.07, 6.45) is 1.23. The molecule has 0 saturated carbocycles. The van der Waals surface area contributed by atoms with Crippen molar-refractivity contribution in [3.8, 4) is 0 Å². The molecule has 0 radical (unpaired) electrons. The largest absolute Gasteiger partial charge is 0.478 e. The van der Waals surface area contributed by atoms with Gasteiger partial charge in [-0.15, -0.1) is 0 Å². The van der Waals surface area contributed by atoms with E-state index in [0.29, 0.717) is 11.1 Å². The molecule has 0 saturated heterocycles. The lowest BCUT2D eigenvalue weighted by Gasteiger charge is -2.42. The van der Waals surface area contributed by atoms with E-state index >= 15 is 0 Å². The van der Waals surface area contributed by atoms with Gasteiger partial charge in [0.1, 0.15) is 5.60 Å². The van der Waals surface area contributed by atoms with Crippen LogP contribution < -0.4 is 4.90 Å². The van der Waals surface area contributed by atoms with Gasteiger partial charge in [0.2, 0.25) is 0 Å². The molecule has 2 amide bonds. The molecule has 6 nitrogen and oxygen atoms in total. The summed E-state index contributed by atoms with van der Waals surface area (Å²) in [5.41, 5.74) is 2.59. The lowest BCUT2D eigenvalue weighted by molar-refractivity contribution is 0.0563. The van der Waals surface area contributed by atoms with Crippen molar-refractivity contribution in [2.45, 2.75) is 83.1 Å². The molecule has 0 atom stereocenters. The summed E-state index contributed by atoms with van der Waals surface area (Å²) >= 11 is 3.37. The van der Waals surface area contributed by atoms with Gasteiger partial charge in [-0.2, -0.15) is 0 Å². The van der Waals surface area contributed by atoms with Gasteiger partial charge < -0.3 is 9.84 Å². The van der Waals surface area contributed by atoms with Crippen LogP contribution in [0, 0.1) is 0 Å². The smallest absolute Gasteiger partial charge is 0.422 e. The van der Waals surface area contributed by atoms with Crippen LogP contribution in [0.1, 0.15) is 98.7 Å². The minimum absolute atomic E-state index is 0.00687. The molecule has 0 unspecified atom stereocenters. The second kappa shape index (κ2) is 9.41. The van der Waals surface area contributed by atoms with Gasteiger partial charge in [0, 0.05) is 10.9 Å². The maximum absolute atomic E-state index is 13.9. The van der Waals surface area contributed by atoms with Gasteiger partial charge in [-0.25, -0.2) is 14.5 Å². The minimum atomic E-state index is -1.09. The number of ether oxygens (including phenoxy) is 1. The van der Waals surface area contributed by atoms with E-state index in [1.165, 1.54) is 23.8 Å². The number of carboxylic acid groups (broad SMARTS) is 1. The van der Waals surface area contributed by atoms with Crippen molar-refractivity contribution in [1.29, 1.82) is 0 Å². The fourth-order valence-corrected chi connectivity index (χ4v) is 4.94. The number of alkyl halides is 1. The normalized spacial score (nSPS) is 16.2. The number of anilines is 1. The lowest BCUT2D eigenvalue weighted by atomic mass is 9.63. The third-order valence-corrected chi connectivity index (χ3v) is 7.19.